The lowest BCUT2D eigenvalue weighted by Gasteiger charge is -2.33. The van der Waals surface area contributed by atoms with Crippen LogP contribution in [0.1, 0.15) is 36.6 Å². The van der Waals surface area contributed by atoms with Gasteiger partial charge in [-0.25, -0.2) is 9.97 Å². The highest BCUT2D eigenvalue weighted by Crippen LogP contribution is 2.35. The van der Waals surface area contributed by atoms with Crippen LogP contribution in [0.5, 0.6) is 0 Å². The number of aromatic nitrogens is 3. The van der Waals surface area contributed by atoms with E-state index in [4.69, 9.17) is 0 Å². The van der Waals surface area contributed by atoms with E-state index in [2.05, 4.69) is 46.2 Å². The molecule has 0 fully saturated rings. The molecule has 2 heterocycles. The lowest BCUT2D eigenvalue weighted by atomic mass is 9.75. The molecule has 0 saturated carbocycles. The van der Waals surface area contributed by atoms with Crippen molar-refractivity contribution in [2.75, 3.05) is 18.5 Å². The number of H-pyrrole nitrogens is 1. The molecule has 0 amide bonds. The number of rotatable bonds is 7. The molecular formula is C23H28N4O2. The summed E-state index contributed by atoms with van der Waals surface area (Å²) in [7, 11) is 0. The molecule has 1 unspecified atom stereocenters. The molecule has 6 heteroatoms. The maximum atomic E-state index is 12.0. The van der Waals surface area contributed by atoms with Crippen molar-refractivity contribution in [2.24, 2.45) is 5.41 Å². The van der Waals surface area contributed by atoms with Gasteiger partial charge >= 0.3 is 0 Å². The summed E-state index contributed by atoms with van der Waals surface area (Å²) in [4.78, 5) is 23.7. The van der Waals surface area contributed by atoms with Crippen molar-refractivity contribution >= 4 is 5.82 Å². The zero-order chi connectivity index (χ0) is 21.0. The number of benzene rings is 1. The number of aliphatic hydroxyl groups excluding tert-OH is 1. The summed E-state index contributed by atoms with van der Waals surface area (Å²) in [6, 6.07) is 13.9. The van der Waals surface area contributed by atoms with Crippen molar-refractivity contribution in [3.05, 3.63) is 75.8 Å². The Balaban J connectivity index is 1.77. The minimum Gasteiger partial charge on any atom is -0.396 e. The van der Waals surface area contributed by atoms with E-state index in [0.29, 0.717) is 23.6 Å². The number of hydrogen-bond donors (Lipinski definition) is 3. The molecule has 0 aliphatic heterocycles. The Hall–Kier alpha value is -2.99. The molecule has 1 atom stereocenters. The topological polar surface area (TPSA) is 90.9 Å². The van der Waals surface area contributed by atoms with Gasteiger partial charge in [0.2, 0.25) is 0 Å². The Morgan fingerprint density at radius 2 is 1.86 bits per heavy atom. The van der Waals surface area contributed by atoms with Crippen molar-refractivity contribution in [1.82, 2.24) is 15.0 Å². The van der Waals surface area contributed by atoms with Gasteiger partial charge in [0.05, 0.1) is 0 Å². The average Bonchev–Trinajstić information content (AvgIpc) is 2.73. The third-order valence-electron chi connectivity index (χ3n) is 5.47. The minimum atomic E-state index is -0.281. The highest BCUT2D eigenvalue weighted by molar-refractivity contribution is 5.56. The predicted octanol–water partition coefficient (Wildman–Crippen LogP) is 3.66. The molecule has 3 aromatic rings. The molecule has 0 aliphatic rings. The molecule has 3 N–H and O–H groups in total. The Morgan fingerprint density at radius 3 is 2.45 bits per heavy atom. The molecule has 0 bridgehead atoms. The van der Waals surface area contributed by atoms with Crippen LogP contribution >= 0.6 is 0 Å². The van der Waals surface area contributed by atoms with E-state index in [1.54, 1.807) is 13.1 Å². The van der Waals surface area contributed by atoms with E-state index >= 15 is 0 Å². The molecule has 0 saturated heterocycles. The van der Waals surface area contributed by atoms with Gasteiger partial charge < -0.3 is 15.4 Å². The van der Waals surface area contributed by atoms with Crippen LogP contribution in [0.3, 0.4) is 0 Å². The van der Waals surface area contributed by atoms with Crippen molar-refractivity contribution < 1.29 is 5.11 Å². The van der Waals surface area contributed by atoms with Crippen LogP contribution in [-0.2, 0) is 0 Å². The third kappa shape index (κ3) is 4.71. The second kappa shape index (κ2) is 8.57. The molecule has 0 spiro atoms. The molecular weight excluding hydrogens is 364 g/mol. The zero-order valence-electron chi connectivity index (χ0n) is 17.4. The number of aryl methyl sites for hydroxylation is 1. The van der Waals surface area contributed by atoms with E-state index in [-0.39, 0.29) is 23.5 Å². The van der Waals surface area contributed by atoms with Crippen LogP contribution in [0.4, 0.5) is 5.82 Å². The van der Waals surface area contributed by atoms with Crippen LogP contribution in [0.25, 0.3) is 11.4 Å². The summed E-state index contributed by atoms with van der Waals surface area (Å²) in [6.07, 6.45) is 1.70. The molecule has 29 heavy (non-hydrogen) atoms. The molecule has 6 nitrogen and oxygen atoms in total. The van der Waals surface area contributed by atoms with E-state index in [1.807, 2.05) is 37.3 Å². The largest absolute Gasteiger partial charge is 0.396 e. The maximum Gasteiger partial charge on any atom is 0.254 e. The van der Waals surface area contributed by atoms with Crippen molar-refractivity contribution in [3.8, 4) is 11.4 Å². The SMILES string of the molecule is Cc1nc(-c2ccc(NCC(c3ccccc3)C(C)(C)CO)nc2)[nH]c(=O)c1C. The third-order valence-corrected chi connectivity index (χ3v) is 5.47. The van der Waals surface area contributed by atoms with Gasteiger partial charge in [-0.15, -0.1) is 0 Å². The summed E-state index contributed by atoms with van der Waals surface area (Å²) in [5.74, 6) is 1.36. The predicted molar refractivity (Wildman–Crippen MR) is 116 cm³/mol. The van der Waals surface area contributed by atoms with E-state index < -0.39 is 0 Å². The van der Waals surface area contributed by atoms with Crippen LogP contribution in [-0.4, -0.2) is 33.2 Å². The van der Waals surface area contributed by atoms with Gasteiger partial charge in [0.1, 0.15) is 11.6 Å². The van der Waals surface area contributed by atoms with Crippen molar-refractivity contribution in [2.45, 2.75) is 33.6 Å². The first-order valence-electron chi connectivity index (χ1n) is 9.75. The number of nitrogens with zero attached hydrogens (tertiary/aromatic N) is 2. The number of hydrogen-bond acceptors (Lipinski definition) is 5. The summed E-state index contributed by atoms with van der Waals surface area (Å²) >= 11 is 0. The Kier molecular flexibility index (Phi) is 6.13. The Bertz CT molecular complexity index is 1010. The zero-order valence-corrected chi connectivity index (χ0v) is 17.4. The molecule has 0 aliphatic carbocycles. The standard InChI is InChI=1S/C23H28N4O2/c1-15-16(2)26-21(27-22(15)29)18-10-11-20(24-12-18)25-13-19(23(3,4)14-28)17-8-6-5-7-9-17/h5-12,19,28H,13-14H2,1-4H3,(H,24,25)(H,26,27,29). The van der Waals surface area contributed by atoms with Gasteiger partial charge in [-0.3, -0.25) is 4.79 Å². The lowest BCUT2D eigenvalue weighted by molar-refractivity contribution is 0.134. The van der Waals surface area contributed by atoms with E-state index in [9.17, 15) is 9.90 Å². The Labute approximate surface area is 171 Å². The highest BCUT2D eigenvalue weighted by atomic mass is 16.3. The van der Waals surface area contributed by atoms with Crippen LogP contribution in [0, 0.1) is 19.3 Å². The van der Waals surface area contributed by atoms with E-state index in [1.165, 1.54) is 5.56 Å². The second-order valence-corrected chi connectivity index (χ2v) is 8.05. The first-order chi connectivity index (χ1) is 13.8. The number of aliphatic hydroxyl groups is 1. The number of aromatic amines is 1. The molecule has 1 aromatic carbocycles. The van der Waals surface area contributed by atoms with Gasteiger partial charge in [0, 0.05) is 42.1 Å². The van der Waals surface area contributed by atoms with Crippen LogP contribution in [0.2, 0.25) is 0 Å². The molecule has 0 radical (unpaired) electrons. The average molecular weight is 393 g/mol. The van der Waals surface area contributed by atoms with Gasteiger partial charge in [-0.1, -0.05) is 44.2 Å². The quantitative estimate of drug-likeness (QED) is 0.571. The summed E-state index contributed by atoms with van der Waals surface area (Å²) in [5.41, 5.74) is 2.85. The molecule has 2 aromatic heterocycles. The summed E-state index contributed by atoms with van der Waals surface area (Å²) in [5, 5.41) is 13.2. The molecule has 152 valence electrons. The number of anilines is 1. The fourth-order valence-corrected chi connectivity index (χ4v) is 3.27. The van der Waals surface area contributed by atoms with Gasteiger partial charge in [0.15, 0.2) is 0 Å². The van der Waals surface area contributed by atoms with Gasteiger partial charge in [-0.05, 0) is 37.0 Å². The fraction of sp³-hybridized carbons (Fsp3) is 0.348. The molecule has 3 rings (SSSR count). The lowest BCUT2D eigenvalue weighted by Crippen LogP contribution is -2.31. The minimum absolute atomic E-state index is 0.0897. The summed E-state index contributed by atoms with van der Waals surface area (Å²) < 4.78 is 0. The van der Waals surface area contributed by atoms with E-state index in [0.717, 1.165) is 11.4 Å². The van der Waals surface area contributed by atoms with Gasteiger partial charge in [0.25, 0.3) is 5.56 Å². The highest BCUT2D eigenvalue weighted by Gasteiger charge is 2.30. The smallest absolute Gasteiger partial charge is 0.254 e. The van der Waals surface area contributed by atoms with Gasteiger partial charge in [-0.2, -0.15) is 0 Å². The Morgan fingerprint density at radius 1 is 1.14 bits per heavy atom. The first kappa shape index (κ1) is 20.7. The monoisotopic (exact) mass is 392 g/mol. The fourth-order valence-electron chi connectivity index (χ4n) is 3.27. The second-order valence-electron chi connectivity index (χ2n) is 8.05. The normalized spacial score (nSPS) is 12.6. The number of pyridine rings is 1. The maximum absolute atomic E-state index is 12.0. The van der Waals surface area contributed by atoms with Crippen molar-refractivity contribution in [1.29, 1.82) is 0 Å². The summed E-state index contributed by atoms with van der Waals surface area (Å²) in [6.45, 7) is 8.43. The van der Waals surface area contributed by atoms with Crippen LogP contribution in [0.15, 0.2) is 53.5 Å². The number of nitrogens with one attached hydrogen (secondary N) is 2. The van der Waals surface area contributed by atoms with Crippen molar-refractivity contribution in [3.63, 3.8) is 0 Å². The van der Waals surface area contributed by atoms with Crippen LogP contribution < -0.4 is 10.9 Å². The first-order valence-corrected chi connectivity index (χ1v) is 9.75.